The number of fused-ring (bicyclic) bond motifs is 1. The number of aromatic nitrogens is 1. The zero-order chi connectivity index (χ0) is 15.9. The van der Waals surface area contributed by atoms with Crippen LogP contribution in [0.1, 0.15) is 5.56 Å². The van der Waals surface area contributed by atoms with Crippen molar-refractivity contribution in [3.05, 3.63) is 29.8 Å². The molecule has 0 spiro atoms. The Morgan fingerprint density at radius 1 is 1.45 bits per heavy atom. The third-order valence-electron chi connectivity index (χ3n) is 3.77. The van der Waals surface area contributed by atoms with Crippen molar-refractivity contribution in [1.82, 2.24) is 9.88 Å². The highest BCUT2D eigenvalue weighted by Gasteiger charge is 2.46. The SMILES string of the molecule is CN1CC(Nc2cc(N)nc3ccc(C#N)cc23)C(F)(F)C1. The Morgan fingerprint density at radius 3 is 2.86 bits per heavy atom. The first-order valence-electron chi connectivity index (χ1n) is 6.82. The number of hydrogen-bond donors (Lipinski definition) is 2. The van der Waals surface area contributed by atoms with Crippen LogP contribution in [-0.4, -0.2) is 42.0 Å². The molecule has 2 aromatic rings. The Bertz CT molecular complexity index is 768. The van der Waals surface area contributed by atoms with Gasteiger partial charge in [-0.2, -0.15) is 5.26 Å². The van der Waals surface area contributed by atoms with Crippen LogP contribution in [-0.2, 0) is 0 Å². The van der Waals surface area contributed by atoms with Crippen LogP contribution >= 0.6 is 0 Å². The molecule has 1 fully saturated rings. The monoisotopic (exact) mass is 303 g/mol. The molecule has 1 aliphatic rings. The third kappa shape index (κ3) is 2.53. The molecule has 0 bridgehead atoms. The topological polar surface area (TPSA) is 78.0 Å². The molecule has 22 heavy (non-hydrogen) atoms. The molecule has 3 N–H and O–H groups in total. The van der Waals surface area contributed by atoms with Gasteiger partial charge in [0.15, 0.2) is 0 Å². The van der Waals surface area contributed by atoms with Crippen LogP contribution in [0.3, 0.4) is 0 Å². The van der Waals surface area contributed by atoms with E-state index >= 15 is 0 Å². The fraction of sp³-hybridized carbons (Fsp3) is 0.333. The van der Waals surface area contributed by atoms with Gasteiger partial charge >= 0.3 is 0 Å². The lowest BCUT2D eigenvalue weighted by molar-refractivity contribution is 0.00608. The summed E-state index contributed by atoms with van der Waals surface area (Å²) >= 11 is 0. The normalized spacial score (nSPS) is 20.9. The minimum atomic E-state index is -2.83. The molecule has 1 atom stereocenters. The van der Waals surface area contributed by atoms with Crippen molar-refractivity contribution in [2.45, 2.75) is 12.0 Å². The molecule has 7 heteroatoms. The van der Waals surface area contributed by atoms with Crippen LogP contribution in [0.4, 0.5) is 20.3 Å². The molecular formula is C15H15F2N5. The van der Waals surface area contributed by atoms with Crippen molar-refractivity contribution in [2.24, 2.45) is 0 Å². The number of halogens is 2. The summed E-state index contributed by atoms with van der Waals surface area (Å²) in [6.45, 7) is -0.0543. The summed E-state index contributed by atoms with van der Waals surface area (Å²) in [4.78, 5) is 5.74. The quantitative estimate of drug-likeness (QED) is 0.888. The lowest BCUT2D eigenvalue weighted by atomic mass is 10.1. The van der Waals surface area contributed by atoms with Crippen LogP contribution in [0.25, 0.3) is 10.9 Å². The first-order valence-corrected chi connectivity index (χ1v) is 6.82. The first kappa shape index (κ1) is 14.5. The average Bonchev–Trinajstić information content (AvgIpc) is 2.70. The molecule has 1 aromatic heterocycles. The Kier molecular flexibility index (Phi) is 3.34. The predicted molar refractivity (Wildman–Crippen MR) is 80.7 cm³/mol. The van der Waals surface area contributed by atoms with Crippen molar-refractivity contribution in [3.8, 4) is 6.07 Å². The minimum absolute atomic E-state index is 0.231. The zero-order valence-electron chi connectivity index (χ0n) is 12.0. The molecule has 0 saturated carbocycles. The molecule has 2 heterocycles. The molecule has 114 valence electrons. The average molecular weight is 303 g/mol. The fourth-order valence-corrected chi connectivity index (χ4v) is 2.75. The number of nitrogens with one attached hydrogen (secondary N) is 1. The molecular weight excluding hydrogens is 288 g/mol. The van der Waals surface area contributed by atoms with E-state index in [-0.39, 0.29) is 18.9 Å². The molecule has 0 radical (unpaired) electrons. The zero-order valence-corrected chi connectivity index (χ0v) is 12.0. The number of alkyl halides is 2. The summed E-state index contributed by atoms with van der Waals surface area (Å²) in [5.74, 6) is -2.58. The molecule has 1 aromatic carbocycles. The van der Waals surface area contributed by atoms with Gasteiger partial charge in [-0.1, -0.05) is 0 Å². The summed E-state index contributed by atoms with van der Waals surface area (Å²) in [5, 5.41) is 12.5. The summed E-state index contributed by atoms with van der Waals surface area (Å²) in [6, 6.07) is 7.46. The molecule has 3 rings (SSSR count). The lowest BCUT2D eigenvalue weighted by Gasteiger charge is -2.21. The van der Waals surface area contributed by atoms with E-state index in [1.807, 2.05) is 6.07 Å². The van der Waals surface area contributed by atoms with E-state index in [2.05, 4.69) is 10.3 Å². The Labute approximate surface area is 126 Å². The van der Waals surface area contributed by atoms with Crippen LogP contribution in [0.2, 0.25) is 0 Å². The van der Waals surface area contributed by atoms with E-state index in [1.165, 1.54) is 6.07 Å². The van der Waals surface area contributed by atoms with Gasteiger partial charge in [-0.05, 0) is 25.2 Å². The number of likely N-dealkylation sites (N-methyl/N-ethyl adjacent to an activating group) is 1. The number of nitriles is 1. The summed E-state index contributed by atoms with van der Waals surface area (Å²) < 4.78 is 28.0. The number of nitrogens with two attached hydrogens (primary N) is 1. The second-order valence-corrected chi connectivity index (χ2v) is 5.59. The maximum atomic E-state index is 14.0. The molecule has 1 unspecified atom stereocenters. The van der Waals surface area contributed by atoms with Gasteiger partial charge in [-0.3, -0.25) is 4.90 Å². The van der Waals surface area contributed by atoms with Crippen molar-refractivity contribution < 1.29 is 8.78 Å². The number of nitrogens with zero attached hydrogens (tertiary/aromatic N) is 3. The van der Waals surface area contributed by atoms with Gasteiger partial charge in [0, 0.05) is 23.7 Å². The maximum absolute atomic E-state index is 14.0. The number of rotatable bonds is 2. The number of benzene rings is 1. The fourth-order valence-electron chi connectivity index (χ4n) is 2.75. The van der Waals surface area contributed by atoms with Crippen molar-refractivity contribution in [3.63, 3.8) is 0 Å². The molecule has 0 aliphatic carbocycles. The number of likely N-dealkylation sites (tertiary alicyclic amines) is 1. The lowest BCUT2D eigenvalue weighted by Crippen LogP contribution is -2.38. The molecule has 0 amide bonds. The van der Waals surface area contributed by atoms with E-state index in [0.29, 0.717) is 22.2 Å². The standard InChI is InChI=1S/C15H15F2N5/c1-22-7-13(15(16,17)8-22)20-12-5-14(19)21-11-3-2-9(6-18)4-10(11)12/h2-5,13H,7-8H2,1H3,(H3,19,20,21). The molecule has 1 saturated heterocycles. The number of pyridine rings is 1. The van der Waals surface area contributed by atoms with Crippen LogP contribution in [0.5, 0.6) is 0 Å². The number of nitrogen functional groups attached to an aromatic ring is 1. The Balaban J connectivity index is 2.04. The molecule has 5 nitrogen and oxygen atoms in total. The highest BCUT2D eigenvalue weighted by molar-refractivity contribution is 5.93. The summed E-state index contributed by atoms with van der Waals surface area (Å²) in [5.41, 5.74) is 7.23. The van der Waals surface area contributed by atoms with Crippen LogP contribution < -0.4 is 11.1 Å². The number of anilines is 2. The molecule has 1 aliphatic heterocycles. The van der Waals surface area contributed by atoms with Crippen molar-refractivity contribution >= 4 is 22.4 Å². The van der Waals surface area contributed by atoms with Gasteiger partial charge in [0.25, 0.3) is 5.92 Å². The van der Waals surface area contributed by atoms with Gasteiger partial charge in [-0.15, -0.1) is 0 Å². The second-order valence-electron chi connectivity index (χ2n) is 5.59. The third-order valence-corrected chi connectivity index (χ3v) is 3.77. The van der Waals surface area contributed by atoms with Crippen molar-refractivity contribution in [2.75, 3.05) is 31.2 Å². The Morgan fingerprint density at radius 2 is 2.23 bits per heavy atom. The van der Waals surface area contributed by atoms with E-state index < -0.39 is 12.0 Å². The largest absolute Gasteiger partial charge is 0.384 e. The van der Waals surface area contributed by atoms with E-state index in [9.17, 15) is 8.78 Å². The van der Waals surface area contributed by atoms with Gasteiger partial charge in [0.2, 0.25) is 0 Å². The predicted octanol–water partition coefficient (Wildman–Crippen LogP) is 2.05. The van der Waals surface area contributed by atoms with E-state index in [4.69, 9.17) is 11.0 Å². The smallest absolute Gasteiger partial charge is 0.281 e. The Hall–Kier alpha value is -2.46. The van der Waals surface area contributed by atoms with Gasteiger partial charge in [0.1, 0.15) is 11.9 Å². The highest BCUT2D eigenvalue weighted by atomic mass is 19.3. The van der Waals surface area contributed by atoms with Crippen molar-refractivity contribution in [1.29, 1.82) is 5.26 Å². The van der Waals surface area contributed by atoms with E-state index in [1.54, 1.807) is 30.1 Å². The number of hydrogen-bond acceptors (Lipinski definition) is 5. The van der Waals surface area contributed by atoms with Crippen LogP contribution in [0, 0.1) is 11.3 Å². The second kappa shape index (κ2) is 5.07. The minimum Gasteiger partial charge on any atom is -0.384 e. The van der Waals surface area contributed by atoms with Gasteiger partial charge in [0.05, 0.1) is 23.7 Å². The van der Waals surface area contributed by atoms with Crippen LogP contribution in [0.15, 0.2) is 24.3 Å². The van der Waals surface area contributed by atoms with Gasteiger partial charge < -0.3 is 11.1 Å². The van der Waals surface area contributed by atoms with Gasteiger partial charge in [-0.25, -0.2) is 13.8 Å². The summed E-state index contributed by atoms with van der Waals surface area (Å²) in [7, 11) is 1.66. The summed E-state index contributed by atoms with van der Waals surface area (Å²) in [6.07, 6.45) is 0. The maximum Gasteiger partial charge on any atom is 0.281 e. The highest BCUT2D eigenvalue weighted by Crippen LogP contribution is 2.32. The first-order chi connectivity index (χ1) is 10.4. The van der Waals surface area contributed by atoms with E-state index in [0.717, 1.165) is 0 Å².